The molecule has 106 valence electrons. The summed E-state index contributed by atoms with van der Waals surface area (Å²) in [7, 11) is 0. The van der Waals surface area contributed by atoms with E-state index in [9.17, 15) is 22.4 Å². The minimum absolute atomic E-state index is 0.0285. The van der Waals surface area contributed by atoms with Gasteiger partial charge in [-0.1, -0.05) is 12.1 Å². The lowest BCUT2D eigenvalue weighted by atomic mass is 10.1. The molecule has 0 heterocycles. The first kappa shape index (κ1) is 15.4. The molecule has 0 fully saturated rings. The highest BCUT2D eigenvalue weighted by Gasteiger charge is 2.27. The van der Waals surface area contributed by atoms with E-state index < -0.39 is 36.6 Å². The zero-order chi connectivity index (χ0) is 14.5. The highest BCUT2D eigenvalue weighted by atomic mass is 19.3. The lowest BCUT2D eigenvalue weighted by Gasteiger charge is -2.14. The average molecular weight is 278 g/mol. The largest absolute Gasteiger partial charge is 0.350 e. The smallest absolute Gasteiger partial charge is 0.277 e. The number of aryl methyl sites for hydroxylation is 1. The number of amides is 1. The second-order valence-corrected chi connectivity index (χ2v) is 4.05. The van der Waals surface area contributed by atoms with Crippen molar-refractivity contribution >= 4 is 5.91 Å². The number of halogens is 4. The molecule has 19 heavy (non-hydrogen) atoms. The van der Waals surface area contributed by atoms with Crippen LogP contribution in [0.5, 0.6) is 0 Å². The highest BCUT2D eigenvalue weighted by molar-refractivity contribution is 5.76. The van der Waals surface area contributed by atoms with Gasteiger partial charge in [-0.25, -0.2) is 17.6 Å². The van der Waals surface area contributed by atoms with Gasteiger partial charge in [0, 0.05) is 6.42 Å². The molecule has 0 aromatic heterocycles. The van der Waals surface area contributed by atoms with Crippen LogP contribution < -0.4 is 11.1 Å². The van der Waals surface area contributed by atoms with Gasteiger partial charge in [0.1, 0.15) is 0 Å². The Hall–Kier alpha value is -1.63. The number of hydrogen-bond acceptors (Lipinski definition) is 2. The van der Waals surface area contributed by atoms with E-state index in [1.165, 1.54) is 12.1 Å². The quantitative estimate of drug-likeness (QED) is 0.777. The van der Waals surface area contributed by atoms with Crippen LogP contribution >= 0.6 is 0 Å². The van der Waals surface area contributed by atoms with Gasteiger partial charge in [0.2, 0.25) is 5.91 Å². The molecule has 0 unspecified atom stereocenters. The summed E-state index contributed by atoms with van der Waals surface area (Å²) >= 11 is 0. The van der Waals surface area contributed by atoms with Crippen molar-refractivity contribution in [3.05, 3.63) is 35.4 Å². The van der Waals surface area contributed by atoms with Gasteiger partial charge in [-0.15, -0.1) is 0 Å². The molecule has 1 aromatic rings. The van der Waals surface area contributed by atoms with E-state index in [4.69, 9.17) is 5.73 Å². The van der Waals surface area contributed by atoms with E-state index >= 15 is 0 Å². The van der Waals surface area contributed by atoms with E-state index in [0.717, 1.165) is 6.07 Å². The van der Waals surface area contributed by atoms with E-state index in [1.807, 2.05) is 5.32 Å². The lowest BCUT2D eigenvalue weighted by molar-refractivity contribution is -0.122. The van der Waals surface area contributed by atoms with Crippen LogP contribution in [0, 0.1) is 11.6 Å². The second-order valence-electron chi connectivity index (χ2n) is 4.05. The molecule has 0 saturated heterocycles. The van der Waals surface area contributed by atoms with Crippen molar-refractivity contribution in [1.29, 1.82) is 0 Å². The van der Waals surface area contributed by atoms with Crippen molar-refractivity contribution in [1.82, 2.24) is 5.32 Å². The van der Waals surface area contributed by atoms with Crippen molar-refractivity contribution in [2.24, 2.45) is 5.73 Å². The first-order valence-electron chi connectivity index (χ1n) is 5.63. The van der Waals surface area contributed by atoms with Crippen molar-refractivity contribution in [3.63, 3.8) is 0 Å². The minimum Gasteiger partial charge on any atom is -0.350 e. The van der Waals surface area contributed by atoms with Crippen molar-refractivity contribution < 1.29 is 22.4 Å². The Labute approximate surface area is 107 Å². The molecule has 0 bridgehead atoms. The summed E-state index contributed by atoms with van der Waals surface area (Å²) < 4.78 is 51.6. The molecule has 3 N–H and O–H groups in total. The van der Waals surface area contributed by atoms with Gasteiger partial charge in [0.15, 0.2) is 11.6 Å². The number of benzene rings is 1. The molecular weight excluding hydrogens is 264 g/mol. The van der Waals surface area contributed by atoms with Gasteiger partial charge < -0.3 is 11.1 Å². The molecule has 0 aliphatic heterocycles. The summed E-state index contributed by atoms with van der Waals surface area (Å²) in [6.45, 7) is -1.74. The molecule has 3 nitrogen and oxygen atoms in total. The Bertz CT molecular complexity index is 451. The van der Waals surface area contributed by atoms with Crippen LogP contribution in [0.1, 0.15) is 12.0 Å². The van der Waals surface area contributed by atoms with Gasteiger partial charge >= 0.3 is 0 Å². The molecule has 0 saturated carbocycles. The van der Waals surface area contributed by atoms with Gasteiger partial charge in [0.05, 0.1) is 13.1 Å². The predicted octanol–water partition coefficient (Wildman–Crippen LogP) is 1.61. The summed E-state index contributed by atoms with van der Waals surface area (Å²) in [5, 5.41) is 1.99. The standard InChI is InChI=1S/C12H14F4N2O/c13-9-3-1-2-8(11(9)14)4-5-10(19)18-7-12(15,16)6-17/h1-3H,4-7,17H2,(H,18,19). The van der Waals surface area contributed by atoms with Crippen LogP contribution in [-0.2, 0) is 11.2 Å². The van der Waals surface area contributed by atoms with Gasteiger partial charge in [0.25, 0.3) is 5.92 Å². The van der Waals surface area contributed by atoms with Crippen LogP contribution in [0.2, 0.25) is 0 Å². The minimum atomic E-state index is -3.17. The van der Waals surface area contributed by atoms with Crippen LogP contribution in [0.25, 0.3) is 0 Å². The van der Waals surface area contributed by atoms with E-state index in [0.29, 0.717) is 0 Å². The van der Waals surface area contributed by atoms with Gasteiger partial charge in [-0.05, 0) is 18.1 Å². The number of carbonyl (C=O) groups excluding carboxylic acids is 1. The Morgan fingerprint density at radius 3 is 2.63 bits per heavy atom. The fraction of sp³-hybridized carbons (Fsp3) is 0.417. The Balaban J connectivity index is 2.44. The molecule has 0 spiro atoms. The first-order chi connectivity index (χ1) is 8.85. The van der Waals surface area contributed by atoms with E-state index in [2.05, 4.69) is 0 Å². The predicted molar refractivity (Wildman–Crippen MR) is 61.7 cm³/mol. The maximum absolute atomic E-state index is 13.2. The van der Waals surface area contributed by atoms with Gasteiger partial charge in [-0.3, -0.25) is 4.79 Å². The van der Waals surface area contributed by atoms with Crippen molar-refractivity contribution in [2.45, 2.75) is 18.8 Å². The molecule has 0 radical (unpaired) electrons. The lowest BCUT2D eigenvalue weighted by Crippen LogP contribution is -2.41. The summed E-state index contributed by atoms with van der Waals surface area (Å²) in [4.78, 5) is 11.3. The monoisotopic (exact) mass is 278 g/mol. The molecule has 0 atom stereocenters. The number of carbonyl (C=O) groups is 1. The molecule has 1 amide bonds. The topological polar surface area (TPSA) is 55.1 Å². The SMILES string of the molecule is NCC(F)(F)CNC(=O)CCc1cccc(F)c1F. The maximum atomic E-state index is 13.2. The third-order valence-corrected chi connectivity index (χ3v) is 2.50. The number of hydrogen-bond donors (Lipinski definition) is 2. The maximum Gasteiger partial charge on any atom is 0.277 e. The summed E-state index contributed by atoms with van der Waals surface area (Å²) in [6.07, 6.45) is -0.273. The average Bonchev–Trinajstić information content (AvgIpc) is 2.38. The normalized spacial score (nSPS) is 11.4. The van der Waals surface area contributed by atoms with Crippen molar-refractivity contribution in [3.8, 4) is 0 Å². The molecule has 1 rings (SSSR count). The fourth-order valence-electron chi connectivity index (χ4n) is 1.38. The Morgan fingerprint density at radius 1 is 1.32 bits per heavy atom. The third kappa shape index (κ3) is 4.86. The number of rotatable bonds is 6. The Kier molecular flexibility index (Phi) is 5.29. The zero-order valence-electron chi connectivity index (χ0n) is 10.1. The van der Waals surface area contributed by atoms with Crippen LogP contribution in [0.3, 0.4) is 0 Å². The fourth-order valence-corrected chi connectivity index (χ4v) is 1.38. The zero-order valence-corrected chi connectivity index (χ0v) is 10.1. The molecule has 0 aliphatic rings. The summed E-state index contributed by atoms with van der Waals surface area (Å²) in [5.74, 6) is -5.87. The third-order valence-electron chi connectivity index (χ3n) is 2.50. The molecule has 7 heteroatoms. The Morgan fingerprint density at radius 2 is 2.00 bits per heavy atom. The molecule has 0 aliphatic carbocycles. The van der Waals surface area contributed by atoms with Crippen LogP contribution in [0.4, 0.5) is 17.6 Å². The van der Waals surface area contributed by atoms with Gasteiger partial charge in [-0.2, -0.15) is 0 Å². The van der Waals surface area contributed by atoms with E-state index in [1.54, 1.807) is 0 Å². The number of nitrogens with two attached hydrogens (primary N) is 1. The van der Waals surface area contributed by atoms with Crippen LogP contribution in [-0.4, -0.2) is 24.9 Å². The first-order valence-corrected chi connectivity index (χ1v) is 5.63. The van der Waals surface area contributed by atoms with Crippen LogP contribution in [0.15, 0.2) is 18.2 Å². The molecule has 1 aromatic carbocycles. The second kappa shape index (κ2) is 6.51. The highest BCUT2D eigenvalue weighted by Crippen LogP contribution is 2.13. The summed E-state index contributed by atoms with van der Waals surface area (Å²) in [5.41, 5.74) is 4.83. The van der Waals surface area contributed by atoms with E-state index in [-0.39, 0.29) is 18.4 Å². The number of nitrogens with one attached hydrogen (secondary N) is 1. The molecular formula is C12H14F4N2O. The number of alkyl halides is 2. The van der Waals surface area contributed by atoms with Crippen molar-refractivity contribution in [2.75, 3.05) is 13.1 Å². The summed E-state index contributed by atoms with van der Waals surface area (Å²) in [6, 6.07) is 3.61.